The summed E-state index contributed by atoms with van der Waals surface area (Å²) in [5, 5.41) is 23.2. The Hall–Kier alpha value is -3.75. The van der Waals surface area contributed by atoms with E-state index in [9.17, 15) is 24.6 Å². The van der Waals surface area contributed by atoms with Crippen LogP contribution in [0.1, 0.15) is 20.7 Å². The second kappa shape index (κ2) is 7.88. The van der Waals surface area contributed by atoms with Gasteiger partial charge in [-0.1, -0.05) is 0 Å². The summed E-state index contributed by atoms with van der Waals surface area (Å²) < 4.78 is 9.91. The fraction of sp³-hybridized carbons (Fsp3) is 0.118. The molecule has 0 aliphatic rings. The summed E-state index contributed by atoms with van der Waals surface area (Å²) in [4.78, 5) is 34.8. The van der Waals surface area contributed by atoms with Crippen LogP contribution in [0.2, 0.25) is 0 Å². The number of nitrogens with one attached hydrogen (secondary N) is 2. The standard InChI is InChI=1S/C17H16N2O7/c1-25-9-3-5-13(11(7-9)15(20)21)18-17(24)19-14-6-4-10(26-2)8-12(14)16(22)23/h3-8H,1-2H3,(H,20,21)(H,22,23)(H2,18,19,24). The number of anilines is 2. The van der Waals surface area contributed by atoms with Crippen molar-refractivity contribution in [3.05, 3.63) is 47.5 Å². The van der Waals surface area contributed by atoms with E-state index in [1.165, 1.54) is 50.6 Å². The molecule has 2 amide bonds. The van der Waals surface area contributed by atoms with Gasteiger partial charge in [-0.3, -0.25) is 0 Å². The van der Waals surface area contributed by atoms with Crippen molar-refractivity contribution in [2.75, 3.05) is 24.9 Å². The second-order valence-electron chi connectivity index (χ2n) is 5.01. The number of carboxylic acids is 2. The molecule has 26 heavy (non-hydrogen) atoms. The zero-order valence-electron chi connectivity index (χ0n) is 13.9. The molecule has 0 aliphatic heterocycles. The minimum atomic E-state index is -1.25. The number of carboxylic acid groups (broad SMARTS) is 2. The highest BCUT2D eigenvalue weighted by Gasteiger charge is 2.17. The molecular formula is C17H16N2O7. The van der Waals surface area contributed by atoms with E-state index < -0.39 is 18.0 Å². The van der Waals surface area contributed by atoms with E-state index in [2.05, 4.69) is 10.6 Å². The highest BCUT2D eigenvalue weighted by molar-refractivity contribution is 6.07. The fourth-order valence-corrected chi connectivity index (χ4v) is 2.15. The van der Waals surface area contributed by atoms with Gasteiger partial charge in [0.25, 0.3) is 0 Å². The molecule has 2 rings (SSSR count). The second-order valence-corrected chi connectivity index (χ2v) is 5.01. The van der Waals surface area contributed by atoms with Crippen molar-refractivity contribution >= 4 is 29.3 Å². The lowest BCUT2D eigenvalue weighted by atomic mass is 10.1. The third kappa shape index (κ3) is 4.20. The van der Waals surface area contributed by atoms with E-state index in [0.717, 1.165) is 0 Å². The fourth-order valence-electron chi connectivity index (χ4n) is 2.15. The van der Waals surface area contributed by atoms with Crippen molar-refractivity contribution in [3.8, 4) is 11.5 Å². The van der Waals surface area contributed by atoms with Gasteiger partial charge in [0, 0.05) is 0 Å². The first-order valence-corrected chi connectivity index (χ1v) is 7.26. The minimum absolute atomic E-state index is 0.0289. The predicted octanol–water partition coefficient (Wildman–Crippen LogP) is 2.74. The van der Waals surface area contributed by atoms with Crippen molar-refractivity contribution in [3.63, 3.8) is 0 Å². The molecule has 0 bridgehead atoms. The highest BCUT2D eigenvalue weighted by atomic mass is 16.5. The van der Waals surface area contributed by atoms with Gasteiger partial charge in [-0.05, 0) is 36.4 Å². The number of rotatable bonds is 6. The summed E-state index contributed by atoms with van der Waals surface area (Å²) in [6, 6.07) is 7.42. The van der Waals surface area contributed by atoms with Crippen LogP contribution >= 0.6 is 0 Å². The van der Waals surface area contributed by atoms with Crippen LogP contribution in [-0.4, -0.2) is 42.4 Å². The summed E-state index contributed by atoms with van der Waals surface area (Å²) in [5.41, 5.74) is -0.289. The lowest BCUT2D eigenvalue weighted by molar-refractivity contribution is 0.0687. The van der Waals surface area contributed by atoms with Crippen molar-refractivity contribution < 1.29 is 34.1 Å². The maximum atomic E-state index is 12.2. The highest BCUT2D eigenvalue weighted by Crippen LogP contribution is 2.24. The summed E-state index contributed by atoms with van der Waals surface area (Å²) in [7, 11) is 2.77. The third-order valence-corrected chi connectivity index (χ3v) is 3.41. The number of carbonyl (C=O) groups is 3. The Morgan fingerprint density at radius 1 is 0.769 bits per heavy atom. The summed E-state index contributed by atoms with van der Waals surface area (Å²) in [5.74, 6) is -1.88. The molecule has 0 spiro atoms. The number of ether oxygens (including phenoxy) is 2. The van der Waals surface area contributed by atoms with Gasteiger partial charge < -0.3 is 30.3 Å². The van der Waals surface area contributed by atoms with E-state index in [1.807, 2.05) is 0 Å². The first-order valence-electron chi connectivity index (χ1n) is 7.26. The van der Waals surface area contributed by atoms with Crippen LogP contribution in [0, 0.1) is 0 Å². The van der Waals surface area contributed by atoms with Gasteiger partial charge in [-0.25, -0.2) is 14.4 Å². The first-order chi connectivity index (χ1) is 12.3. The van der Waals surface area contributed by atoms with Crippen molar-refractivity contribution in [2.45, 2.75) is 0 Å². The smallest absolute Gasteiger partial charge is 0.337 e. The molecule has 9 nitrogen and oxygen atoms in total. The first kappa shape index (κ1) is 18.6. The van der Waals surface area contributed by atoms with Crippen LogP contribution in [0.4, 0.5) is 16.2 Å². The van der Waals surface area contributed by atoms with E-state index in [-0.39, 0.29) is 22.5 Å². The number of urea groups is 1. The molecule has 9 heteroatoms. The van der Waals surface area contributed by atoms with Gasteiger partial charge in [0.05, 0.1) is 36.7 Å². The van der Waals surface area contributed by atoms with Crippen molar-refractivity contribution in [1.82, 2.24) is 0 Å². The molecular weight excluding hydrogens is 344 g/mol. The minimum Gasteiger partial charge on any atom is -0.497 e. The van der Waals surface area contributed by atoms with E-state index in [0.29, 0.717) is 11.5 Å². The Bertz CT molecular complexity index is 795. The number of hydrogen-bond donors (Lipinski definition) is 4. The molecule has 2 aromatic rings. The van der Waals surface area contributed by atoms with E-state index >= 15 is 0 Å². The van der Waals surface area contributed by atoms with Crippen molar-refractivity contribution in [2.24, 2.45) is 0 Å². The molecule has 0 saturated heterocycles. The molecule has 0 atom stereocenters. The average molecular weight is 360 g/mol. The maximum absolute atomic E-state index is 12.2. The Morgan fingerprint density at radius 3 is 1.46 bits per heavy atom. The Labute approximate surface area is 148 Å². The Kier molecular flexibility index (Phi) is 5.63. The maximum Gasteiger partial charge on any atom is 0.337 e. The average Bonchev–Trinajstić information content (AvgIpc) is 2.61. The number of benzene rings is 2. The summed E-state index contributed by atoms with van der Waals surface area (Å²) in [6.45, 7) is 0. The van der Waals surface area contributed by atoms with Crippen LogP contribution in [0.15, 0.2) is 36.4 Å². The number of carbonyl (C=O) groups excluding carboxylic acids is 1. The van der Waals surface area contributed by atoms with E-state index in [1.54, 1.807) is 0 Å². The quantitative estimate of drug-likeness (QED) is 0.622. The molecule has 0 fully saturated rings. The monoisotopic (exact) mass is 360 g/mol. The van der Waals surface area contributed by atoms with Crippen LogP contribution in [0.3, 0.4) is 0 Å². The lowest BCUT2D eigenvalue weighted by Gasteiger charge is -2.13. The SMILES string of the molecule is COc1ccc(NC(=O)Nc2ccc(OC)cc2C(=O)O)c(C(=O)O)c1. The number of amides is 2. The lowest BCUT2D eigenvalue weighted by Crippen LogP contribution is -2.22. The molecule has 0 aromatic heterocycles. The summed E-state index contributed by atoms with van der Waals surface area (Å²) in [6.07, 6.45) is 0. The van der Waals surface area contributed by atoms with E-state index in [4.69, 9.17) is 9.47 Å². The molecule has 136 valence electrons. The third-order valence-electron chi connectivity index (χ3n) is 3.41. The van der Waals surface area contributed by atoms with Crippen LogP contribution in [0.25, 0.3) is 0 Å². The number of aromatic carboxylic acids is 2. The molecule has 0 heterocycles. The number of hydrogen-bond acceptors (Lipinski definition) is 5. The Morgan fingerprint density at radius 2 is 1.15 bits per heavy atom. The normalized spacial score (nSPS) is 9.92. The van der Waals surface area contributed by atoms with Gasteiger partial charge in [0.15, 0.2) is 0 Å². The Balaban J connectivity index is 2.25. The van der Waals surface area contributed by atoms with Gasteiger partial charge in [-0.2, -0.15) is 0 Å². The molecule has 2 aromatic carbocycles. The summed E-state index contributed by atoms with van der Waals surface area (Å²) >= 11 is 0. The predicted molar refractivity (Wildman–Crippen MR) is 92.5 cm³/mol. The van der Waals surface area contributed by atoms with Gasteiger partial charge >= 0.3 is 18.0 Å². The molecule has 0 saturated carbocycles. The topological polar surface area (TPSA) is 134 Å². The van der Waals surface area contributed by atoms with Crippen LogP contribution < -0.4 is 20.1 Å². The zero-order chi connectivity index (χ0) is 19.3. The van der Waals surface area contributed by atoms with Gasteiger partial charge in [0.2, 0.25) is 0 Å². The molecule has 4 N–H and O–H groups in total. The zero-order valence-corrected chi connectivity index (χ0v) is 13.9. The van der Waals surface area contributed by atoms with Gasteiger partial charge in [-0.15, -0.1) is 0 Å². The van der Waals surface area contributed by atoms with Crippen molar-refractivity contribution in [1.29, 1.82) is 0 Å². The number of methoxy groups -OCH3 is 2. The van der Waals surface area contributed by atoms with Crippen LogP contribution in [0.5, 0.6) is 11.5 Å². The molecule has 0 aliphatic carbocycles. The van der Waals surface area contributed by atoms with Crippen LogP contribution in [-0.2, 0) is 0 Å². The molecule has 0 unspecified atom stereocenters. The molecule has 0 radical (unpaired) electrons. The van der Waals surface area contributed by atoms with Gasteiger partial charge in [0.1, 0.15) is 11.5 Å². The largest absolute Gasteiger partial charge is 0.497 e.